The molecule has 34 heavy (non-hydrogen) atoms. The van der Waals surface area contributed by atoms with E-state index in [1.807, 2.05) is 66.1 Å². The zero-order chi connectivity index (χ0) is 23.5. The Labute approximate surface area is 200 Å². The molecule has 1 N–H and O–H groups in total. The standard InChI is InChI=1S/C28H31N3O3/c1-28(27(33)29-19-22-11-6-3-7-12-22)20-30-23(25-13-8-18-34-25)14-15-24(30)26(32)31(28)17-16-21-9-4-2-5-10-21/h3,6-9,11-15,18H,2,4-5,10,16-17,19-20H2,1H3,(H,29,33)/t28-/m1/s1. The number of nitrogens with one attached hydrogen (secondary N) is 1. The minimum absolute atomic E-state index is 0.113. The van der Waals surface area contributed by atoms with Crippen molar-refractivity contribution in [1.29, 1.82) is 0 Å². The lowest BCUT2D eigenvalue weighted by molar-refractivity contribution is -0.133. The van der Waals surface area contributed by atoms with E-state index in [0.717, 1.165) is 30.5 Å². The van der Waals surface area contributed by atoms with Crippen molar-refractivity contribution < 1.29 is 14.0 Å². The third kappa shape index (κ3) is 4.20. The SMILES string of the molecule is C[C@]1(C(=O)NCc2ccccc2)Cn2c(ccc2-c2ccco2)C(=O)N1CCC1=CCCCC1. The molecule has 2 aliphatic rings. The molecule has 1 aliphatic heterocycles. The van der Waals surface area contributed by atoms with Crippen LogP contribution in [0.15, 0.2) is 76.9 Å². The van der Waals surface area contributed by atoms with Crippen molar-refractivity contribution in [3.63, 3.8) is 0 Å². The number of fused-ring (bicyclic) bond motifs is 1. The average Bonchev–Trinajstić information content (AvgIpc) is 3.53. The van der Waals surface area contributed by atoms with Crippen molar-refractivity contribution in [2.24, 2.45) is 0 Å². The van der Waals surface area contributed by atoms with E-state index in [-0.39, 0.29) is 11.8 Å². The van der Waals surface area contributed by atoms with Crippen LogP contribution < -0.4 is 5.32 Å². The Morgan fingerprint density at radius 3 is 2.62 bits per heavy atom. The molecule has 0 radical (unpaired) electrons. The van der Waals surface area contributed by atoms with Crippen LogP contribution in [0.25, 0.3) is 11.5 Å². The predicted octanol–water partition coefficient (Wildman–Crippen LogP) is 5.17. The first-order chi connectivity index (χ1) is 16.6. The van der Waals surface area contributed by atoms with Crippen LogP contribution in [0.3, 0.4) is 0 Å². The second kappa shape index (κ2) is 9.37. The van der Waals surface area contributed by atoms with Crippen molar-refractivity contribution in [2.75, 3.05) is 6.54 Å². The van der Waals surface area contributed by atoms with Crippen molar-refractivity contribution >= 4 is 11.8 Å². The van der Waals surface area contributed by atoms with E-state index in [1.54, 1.807) is 11.2 Å². The van der Waals surface area contributed by atoms with Crippen LogP contribution in [0.5, 0.6) is 0 Å². The number of hydrogen-bond acceptors (Lipinski definition) is 3. The summed E-state index contributed by atoms with van der Waals surface area (Å²) in [4.78, 5) is 29.2. The Kier molecular flexibility index (Phi) is 6.14. The van der Waals surface area contributed by atoms with Crippen LogP contribution in [0.2, 0.25) is 0 Å². The molecular formula is C28H31N3O3. The first-order valence-electron chi connectivity index (χ1n) is 12.1. The lowest BCUT2D eigenvalue weighted by Crippen LogP contribution is -2.64. The largest absolute Gasteiger partial charge is 0.463 e. The molecule has 0 spiro atoms. The van der Waals surface area contributed by atoms with Crippen LogP contribution in [-0.4, -0.2) is 33.4 Å². The van der Waals surface area contributed by atoms with Gasteiger partial charge in [-0.25, -0.2) is 0 Å². The maximum atomic E-state index is 13.7. The summed E-state index contributed by atoms with van der Waals surface area (Å²) in [6.45, 7) is 3.21. The first kappa shape index (κ1) is 22.3. The van der Waals surface area contributed by atoms with Crippen molar-refractivity contribution in [1.82, 2.24) is 14.8 Å². The summed E-state index contributed by atoms with van der Waals surface area (Å²) in [6, 6.07) is 17.3. The average molecular weight is 458 g/mol. The van der Waals surface area contributed by atoms with Crippen molar-refractivity contribution in [3.8, 4) is 11.5 Å². The number of allylic oxidation sites excluding steroid dienone is 1. The highest BCUT2D eigenvalue weighted by molar-refractivity contribution is 6.00. The van der Waals surface area contributed by atoms with Crippen LogP contribution >= 0.6 is 0 Å². The lowest BCUT2D eigenvalue weighted by atomic mass is 9.92. The van der Waals surface area contributed by atoms with Gasteiger partial charge in [0.2, 0.25) is 5.91 Å². The first-order valence-corrected chi connectivity index (χ1v) is 12.1. The van der Waals surface area contributed by atoms with Gasteiger partial charge in [-0.2, -0.15) is 0 Å². The van der Waals surface area contributed by atoms with E-state index in [4.69, 9.17) is 4.42 Å². The second-order valence-electron chi connectivity index (χ2n) is 9.42. The zero-order valence-corrected chi connectivity index (χ0v) is 19.6. The summed E-state index contributed by atoms with van der Waals surface area (Å²) in [5, 5.41) is 3.09. The van der Waals surface area contributed by atoms with Crippen LogP contribution in [0, 0.1) is 0 Å². The maximum Gasteiger partial charge on any atom is 0.271 e. The highest BCUT2D eigenvalue weighted by atomic mass is 16.3. The van der Waals surface area contributed by atoms with Crippen LogP contribution in [0.1, 0.15) is 55.1 Å². The normalized spacial score (nSPS) is 20.1. The van der Waals surface area contributed by atoms with Crippen molar-refractivity contribution in [2.45, 2.75) is 57.7 Å². The third-order valence-corrected chi connectivity index (χ3v) is 7.11. The number of aromatic nitrogens is 1. The smallest absolute Gasteiger partial charge is 0.271 e. The topological polar surface area (TPSA) is 67.5 Å². The van der Waals surface area contributed by atoms with Gasteiger partial charge in [0.15, 0.2) is 0 Å². The Morgan fingerprint density at radius 1 is 1.06 bits per heavy atom. The molecule has 0 unspecified atom stereocenters. The number of amides is 2. The molecule has 6 nitrogen and oxygen atoms in total. The Bertz CT molecular complexity index is 1190. The molecule has 5 rings (SSSR count). The molecule has 3 heterocycles. The summed E-state index contributed by atoms with van der Waals surface area (Å²) in [6.07, 6.45) is 9.35. The minimum atomic E-state index is -1.02. The number of rotatable bonds is 7. The summed E-state index contributed by atoms with van der Waals surface area (Å²) in [5.41, 5.74) is 2.80. The molecule has 2 aromatic heterocycles. The van der Waals surface area contributed by atoms with Gasteiger partial charge in [0, 0.05) is 13.1 Å². The van der Waals surface area contributed by atoms with E-state index in [2.05, 4.69) is 11.4 Å². The van der Waals surface area contributed by atoms with E-state index in [0.29, 0.717) is 31.1 Å². The highest BCUT2D eigenvalue weighted by Crippen LogP contribution is 2.34. The highest BCUT2D eigenvalue weighted by Gasteiger charge is 2.47. The van der Waals surface area contributed by atoms with Gasteiger partial charge in [-0.05, 0) is 68.9 Å². The molecule has 6 heteroatoms. The van der Waals surface area contributed by atoms with Crippen LogP contribution in [0.4, 0.5) is 0 Å². The molecule has 1 atom stereocenters. The number of hydrogen-bond donors (Lipinski definition) is 1. The third-order valence-electron chi connectivity index (χ3n) is 7.11. The number of benzene rings is 1. The van der Waals surface area contributed by atoms with Gasteiger partial charge >= 0.3 is 0 Å². The minimum Gasteiger partial charge on any atom is -0.463 e. The van der Waals surface area contributed by atoms with Gasteiger partial charge in [0.25, 0.3) is 5.91 Å². The molecular weight excluding hydrogens is 426 g/mol. The van der Waals surface area contributed by atoms with Crippen molar-refractivity contribution in [3.05, 3.63) is 83.8 Å². The number of nitrogens with zero attached hydrogens (tertiary/aromatic N) is 2. The van der Waals surface area contributed by atoms with E-state index in [9.17, 15) is 9.59 Å². The fraction of sp³-hybridized carbons (Fsp3) is 0.357. The predicted molar refractivity (Wildman–Crippen MR) is 131 cm³/mol. The lowest BCUT2D eigenvalue weighted by Gasteiger charge is -2.44. The number of furan rings is 1. The second-order valence-corrected chi connectivity index (χ2v) is 9.42. The quantitative estimate of drug-likeness (QED) is 0.498. The van der Waals surface area contributed by atoms with Gasteiger partial charge in [-0.15, -0.1) is 0 Å². The summed E-state index contributed by atoms with van der Waals surface area (Å²) >= 11 is 0. The maximum absolute atomic E-state index is 13.7. The zero-order valence-electron chi connectivity index (χ0n) is 19.6. The Hall–Kier alpha value is -3.54. The summed E-state index contributed by atoms with van der Waals surface area (Å²) in [7, 11) is 0. The molecule has 3 aromatic rings. The molecule has 0 saturated heterocycles. The molecule has 1 aliphatic carbocycles. The van der Waals surface area contributed by atoms with Gasteiger partial charge in [-0.1, -0.05) is 42.0 Å². The molecule has 1 aromatic carbocycles. The Morgan fingerprint density at radius 2 is 1.88 bits per heavy atom. The van der Waals surface area contributed by atoms with Gasteiger partial charge in [0.05, 0.1) is 18.5 Å². The fourth-order valence-corrected chi connectivity index (χ4v) is 5.12. The fourth-order valence-electron chi connectivity index (χ4n) is 5.12. The summed E-state index contributed by atoms with van der Waals surface area (Å²) in [5.74, 6) is 0.428. The number of carbonyl (C=O) groups excluding carboxylic acids is 2. The molecule has 0 saturated carbocycles. The molecule has 176 valence electrons. The monoisotopic (exact) mass is 457 g/mol. The van der Waals surface area contributed by atoms with Gasteiger partial charge in [0.1, 0.15) is 17.0 Å². The Balaban J connectivity index is 1.45. The van der Waals surface area contributed by atoms with E-state index in [1.165, 1.54) is 18.4 Å². The molecule has 0 bridgehead atoms. The number of carbonyl (C=O) groups is 2. The molecule has 0 fully saturated rings. The molecule has 2 amide bonds. The van der Waals surface area contributed by atoms with Crippen LogP contribution in [-0.2, 0) is 17.9 Å². The van der Waals surface area contributed by atoms with Gasteiger partial charge < -0.3 is 19.2 Å². The van der Waals surface area contributed by atoms with E-state index < -0.39 is 5.54 Å². The van der Waals surface area contributed by atoms with E-state index >= 15 is 0 Å². The van der Waals surface area contributed by atoms with Gasteiger partial charge in [-0.3, -0.25) is 9.59 Å². The summed E-state index contributed by atoms with van der Waals surface area (Å²) < 4.78 is 7.54.